The molecule has 0 spiro atoms. The van der Waals surface area contributed by atoms with Crippen LogP contribution in [0.2, 0.25) is 0 Å². The Morgan fingerprint density at radius 1 is 1.05 bits per heavy atom. The number of carboxylic acids is 1. The van der Waals surface area contributed by atoms with Gasteiger partial charge < -0.3 is 25.6 Å². The number of carboxylic acid groups (broad SMARTS) is 1. The van der Waals surface area contributed by atoms with Gasteiger partial charge in [-0.1, -0.05) is 104 Å². The van der Waals surface area contributed by atoms with Gasteiger partial charge in [0, 0.05) is 17.5 Å². The van der Waals surface area contributed by atoms with Crippen LogP contribution in [0.15, 0.2) is 48.3 Å². The average molecular weight is 786 g/mol. The van der Waals surface area contributed by atoms with Crippen LogP contribution >= 0.6 is 0 Å². The molecule has 2 aromatic rings. The summed E-state index contributed by atoms with van der Waals surface area (Å²) in [5.41, 5.74) is 7.18. The lowest BCUT2D eigenvalue weighted by atomic mass is 9.34. The number of rotatable bonds is 12. The molecule has 10 heteroatoms. The van der Waals surface area contributed by atoms with Crippen LogP contribution in [-0.2, 0) is 20.7 Å². The molecule has 4 N–H and O–H groups in total. The van der Waals surface area contributed by atoms with Gasteiger partial charge in [0.05, 0.1) is 37.9 Å². The van der Waals surface area contributed by atoms with Crippen LogP contribution in [0.3, 0.4) is 0 Å². The molecule has 1 amide bonds. The number of hydrogen-bond donors (Lipinski definition) is 3. The molecular formula is C47H71N5O5. The van der Waals surface area contributed by atoms with Gasteiger partial charge in [0.1, 0.15) is 6.33 Å². The molecule has 2 bridgehead atoms. The van der Waals surface area contributed by atoms with E-state index in [1.54, 1.807) is 0 Å². The molecule has 12 atom stereocenters. The quantitative estimate of drug-likeness (QED) is 0.183. The number of allylic oxidation sites excluding steroid dienone is 1. The van der Waals surface area contributed by atoms with Crippen LogP contribution < -0.4 is 11.1 Å². The first-order chi connectivity index (χ1) is 26.8. The predicted molar refractivity (Wildman–Crippen MR) is 222 cm³/mol. The first-order valence-corrected chi connectivity index (χ1v) is 21.9. The van der Waals surface area contributed by atoms with Gasteiger partial charge in [0.2, 0.25) is 5.82 Å². The molecule has 10 nitrogen and oxygen atoms in total. The van der Waals surface area contributed by atoms with Gasteiger partial charge in [-0.15, -0.1) is 0 Å². The highest BCUT2D eigenvalue weighted by atomic mass is 16.5. The molecule has 3 saturated carbocycles. The molecule has 57 heavy (non-hydrogen) atoms. The van der Waals surface area contributed by atoms with Crippen LogP contribution in [0.4, 0.5) is 0 Å². The number of aliphatic carboxylic acids is 1. The zero-order valence-electron chi connectivity index (χ0n) is 36.4. The highest BCUT2D eigenvalue weighted by Crippen LogP contribution is 2.75. The van der Waals surface area contributed by atoms with Crippen molar-refractivity contribution in [3.63, 3.8) is 0 Å². The molecule has 314 valence electrons. The van der Waals surface area contributed by atoms with Crippen LogP contribution in [0.5, 0.6) is 0 Å². The lowest BCUT2D eigenvalue weighted by molar-refractivity contribution is -0.254. The summed E-state index contributed by atoms with van der Waals surface area (Å²) < 4.78 is 16.0. The third-order valence-corrected chi connectivity index (χ3v) is 17.5. The van der Waals surface area contributed by atoms with Crippen LogP contribution in [0, 0.1) is 62.6 Å². The predicted octanol–water partition coefficient (Wildman–Crippen LogP) is 8.14. The minimum atomic E-state index is -0.661. The normalized spacial score (nSPS) is 39.0. The summed E-state index contributed by atoms with van der Waals surface area (Å²) in [5, 5.41) is 19.2. The van der Waals surface area contributed by atoms with Crippen molar-refractivity contribution in [3.05, 3.63) is 59.7 Å². The molecular weight excluding hydrogens is 715 g/mol. The van der Waals surface area contributed by atoms with Gasteiger partial charge in [0.25, 0.3) is 5.91 Å². The van der Waals surface area contributed by atoms with E-state index >= 15 is 0 Å². The SMILES string of the molecule is CC(C)[C@@H](C)[C@@]1(C)CC[C@]2(C)[C@H]3CC[C@@H]4[C@@]5(C)COC[C@@]4(C3=CC[C@@]2(C)[C@@H]1C(=O)O)[C@@H](OC[C@](C)(N)C(C)C)[C@H](n1ncnc1C(=O)NCCc1ccccc1)C5. The fourth-order valence-corrected chi connectivity index (χ4v) is 13.2. The maximum Gasteiger partial charge on any atom is 0.307 e. The maximum absolute atomic E-state index is 14.0. The van der Waals surface area contributed by atoms with Crippen LogP contribution in [-0.4, -0.2) is 69.8 Å². The monoisotopic (exact) mass is 786 g/mol. The Balaban J connectivity index is 1.32. The smallest absolute Gasteiger partial charge is 0.307 e. The minimum absolute atomic E-state index is 0.162. The lowest BCUT2D eigenvalue weighted by Crippen LogP contribution is -2.70. The summed E-state index contributed by atoms with van der Waals surface area (Å²) in [6, 6.07) is 9.85. The number of nitrogens with two attached hydrogens (primary N) is 1. The second kappa shape index (κ2) is 14.9. The van der Waals surface area contributed by atoms with E-state index in [0.717, 1.165) is 37.7 Å². The number of aromatic nitrogens is 3. The van der Waals surface area contributed by atoms with E-state index in [1.165, 1.54) is 11.9 Å². The molecule has 5 aliphatic rings. The third-order valence-electron chi connectivity index (χ3n) is 17.5. The van der Waals surface area contributed by atoms with Crippen molar-refractivity contribution in [2.45, 2.75) is 132 Å². The molecule has 0 radical (unpaired) electrons. The van der Waals surface area contributed by atoms with Gasteiger partial charge in [-0.3, -0.25) is 9.59 Å². The topological polar surface area (TPSA) is 142 Å². The zero-order chi connectivity index (χ0) is 41.3. The van der Waals surface area contributed by atoms with Crippen molar-refractivity contribution in [1.82, 2.24) is 20.1 Å². The van der Waals surface area contributed by atoms with Crippen molar-refractivity contribution < 1.29 is 24.2 Å². The first kappa shape index (κ1) is 42.1. The van der Waals surface area contributed by atoms with Crippen molar-refractivity contribution in [1.29, 1.82) is 0 Å². The largest absolute Gasteiger partial charge is 0.481 e. The molecule has 1 saturated heterocycles. The third kappa shape index (κ3) is 6.53. The molecule has 7 rings (SSSR count). The van der Waals surface area contributed by atoms with Gasteiger partial charge >= 0.3 is 5.97 Å². The minimum Gasteiger partial charge on any atom is -0.481 e. The zero-order valence-corrected chi connectivity index (χ0v) is 36.4. The Morgan fingerprint density at radius 3 is 2.44 bits per heavy atom. The van der Waals surface area contributed by atoms with Crippen LogP contribution in [0.25, 0.3) is 0 Å². The van der Waals surface area contributed by atoms with E-state index in [4.69, 9.17) is 20.3 Å². The Hall–Kier alpha value is -3.08. The Kier molecular flexibility index (Phi) is 11.0. The fraction of sp³-hybridized carbons (Fsp3) is 0.745. The van der Waals surface area contributed by atoms with Gasteiger partial charge in [-0.05, 0) is 109 Å². The molecule has 2 heterocycles. The summed E-state index contributed by atoms with van der Waals surface area (Å²) in [7, 11) is 0. The summed E-state index contributed by atoms with van der Waals surface area (Å²) in [5.74, 6) is 0.160. The molecule has 0 unspecified atom stereocenters. The highest BCUT2D eigenvalue weighted by Gasteiger charge is 2.73. The number of nitrogens with one attached hydrogen (secondary N) is 1. The summed E-state index contributed by atoms with van der Waals surface area (Å²) in [4.78, 5) is 32.2. The first-order valence-electron chi connectivity index (χ1n) is 21.9. The standard InChI is InChI=1S/C47H71N5O5/c1-29(2)31(5)43(7)21-22-44(8)33-16-17-36-42(6)24-35(52-39(50-28-51-52)40(53)49-23-19-32-14-12-11-13-15-32)38(57-26-46(10,48)30(3)4)47(36,27-56-25-42)34(33)18-20-45(44,9)37(43)41(54)55/h11-15,18,28-31,33,35-38H,16-17,19-27,48H2,1-10H3,(H,49,53)(H,54,55)/t31-,33+,35-,36-,37-,38+,42-,43-,44-,45+,46+,47+/m1/s1. The Bertz CT molecular complexity index is 1840. The molecule has 4 fully saturated rings. The summed E-state index contributed by atoms with van der Waals surface area (Å²) >= 11 is 0. The van der Waals surface area contributed by atoms with Crippen LogP contribution in [0.1, 0.15) is 130 Å². The fourth-order valence-electron chi connectivity index (χ4n) is 13.2. The number of benzene rings is 1. The van der Waals surface area contributed by atoms with E-state index in [-0.39, 0.29) is 57.7 Å². The average Bonchev–Trinajstić information content (AvgIpc) is 3.65. The van der Waals surface area contributed by atoms with Crippen molar-refractivity contribution in [2.24, 2.45) is 68.3 Å². The van der Waals surface area contributed by atoms with E-state index in [1.807, 2.05) is 22.9 Å². The molecule has 1 aliphatic heterocycles. The summed E-state index contributed by atoms with van der Waals surface area (Å²) in [6.07, 6.45) is 9.56. The maximum atomic E-state index is 14.0. The van der Waals surface area contributed by atoms with Crippen molar-refractivity contribution in [3.8, 4) is 0 Å². The van der Waals surface area contributed by atoms with Gasteiger partial charge in [0.15, 0.2) is 0 Å². The van der Waals surface area contributed by atoms with Crippen molar-refractivity contribution in [2.75, 3.05) is 26.4 Å². The van der Waals surface area contributed by atoms with E-state index in [2.05, 4.69) is 97.7 Å². The number of amides is 1. The Morgan fingerprint density at radius 2 is 1.77 bits per heavy atom. The number of hydrogen-bond acceptors (Lipinski definition) is 7. The molecule has 1 aromatic heterocycles. The van der Waals surface area contributed by atoms with E-state index in [9.17, 15) is 14.7 Å². The van der Waals surface area contributed by atoms with Gasteiger partial charge in [-0.25, -0.2) is 9.67 Å². The van der Waals surface area contributed by atoms with E-state index < -0.39 is 34.4 Å². The Labute approximate surface area is 341 Å². The summed E-state index contributed by atoms with van der Waals surface area (Å²) in [6.45, 7) is 24.4. The highest BCUT2D eigenvalue weighted by molar-refractivity contribution is 5.90. The molecule has 1 aromatic carbocycles. The number of carbonyl (C=O) groups excluding carboxylic acids is 1. The van der Waals surface area contributed by atoms with Gasteiger partial charge in [-0.2, -0.15) is 5.10 Å². The molecule has 4 aliphatic carbocycles. The number of fused-ring (bicyclic) bond motifs is 3. The lowest BCUT2D eigenvalue weighted by Gasteiger charge is -2.71. The number of nitrogens with zero attached hydrogens (tertiary/aromatic N) is 3. The second-order valence-corrected chi connectivity index (χ2v) is 21.1. The van der Waals surface area contributed by atoms with E-state index in [0.29, 0.717) is 45.1 Å². The number of ether oxygens (including phenoxy) is 2. The second-order valence-electron chi connectivity index (χ2n) is 21.1. The number of carbonyl (C=O) groups is 2. The van der Waals surface area contributed by atoms with Crippen molar-refractivity contribution >= 4 is 11.9 Å².